The summed E-state index contributed by atoms with van der Waals surface area (Å²) < 4.78 is 0. The monoisotopic (exact) mass is 306 g/mol. The first-order valence-corrected chi connectivity index (χ1v) is 6.90. The summed E-state index contributed by atoms with van der Waals surface area (Å²) in [6.45, 7) is 1.99. The van der Waals surface area contributed by atoms with Crippen LogP contribution in [0.2, 0.25) is 15.1 Å². The Hall–Kier alpha value is -0.480. The predicted octanol–water partition coefficient (Wildman–Crippen LogP) is 5.28. The first kappa shape index (κ1) is 13.0. The number of nitrogens with zero attached hydrogens (tertiary/aromatic N) is 1. The first-order chi connectivity index (χ1) is 8.09. The molecule has 6 heteroatoms. The minimum atomic E-state index is 0.0171. The summed E-state index contributed by atoms with van der Waals surface area (Å²) in [6, 6.07) is 3.62. The van der Waals surface area contributed by atoms with Crippen LogP contribution in [0.5, 0.6) is 0 Å². The molecule has 1 unspecified atom stereocenters. The van der Waals surface area contributed by atoms with Crippen LogP contribution in [0.25, 0.3) is 0 Å². The third kappa shape index (κ3) is 2.86. The summed E-state index contributed by atoms with van der Waals surface area (Å²) in [4.78, 5) is 4.16. The molecule has 2 rings (SSSR count). The van der Waals surface area contributed by atoms with Gasteiger partial charge in [0.05, 0.1) is 21.1 Å². The van der Waals surface area contributed by atoms with Gasteiger partial charge >= 0.3 is 0 Å². The van der Waals surface area contributed by atoms with Crippen LogP contribution in [-0.4, -0.2) is 4.98 Å². The zero-order valence-electron chi connectivity index (χ0n) is 8.88. The van der Waals surface area contributed by atoms with Gasteiger partial charge in [-0.2, -0.15) is 0 Å². The molecule has 2 aromatic rings. The molecule has 0 spiro atoms. The molecule has 1 N–H and O–H groups in total. The number of aromatic nitrogens is 1. The molecule has 0 aliphatic heterocycles. The molecule has 0 fully saturated rings. The molecule has 1 heterocycles. The maximum absolute atomic E-state index is 6.16. The Balaban J connectivity index is 2.25. The van der Waals surface area contributed by atoms with Gasteiger partial charge in [0.1, 0.15) is 0 Å². The SMILES string of the molecule is CC(Nc1nccs1)c1ccc(Cl)c(Cl)c1Cl. The number of thiazole rings is 1. The summed E-state index contributed by atoms with van der Waals surface area (Å²) in [6.07, 6.45) is 1.75. The summed E-state index contributed by atoms with van der Waals surface area (Å²) in [7, 11) is 0. The van der Waals surface area contributed by atoms with Crippen LogP contribution in [-0.2, 0) is 0 Å². The van der Waals surface area contributed by atoms with Crippen molar-refractivity contribution in [3.63, 3.8) is 0 Å². The molecule has 0 saturated carbocycles. The Morgan fingerprint density at radius 3 is 2.65 bits per heavy atom. The Labute approximate surface area is 119 Å². The number of rotatable bonds is 3. The topological polar surface area (TPSA) is 24.9 Å². The Bertz CT molecular complexity index is 514. The highest BCUT2D eigenvalue weighted by atomic mass is 35.5. The molecule has 90 valence electrons. The van der Waals surface area contributed by atoms with Gasteiger partial charge in [0, 0.05) is 11.6 Å². The summed E-state index contributed by atoms with van der Waals surface area (Å²) >= 11 is 19.6. The number of hydrogen-bond donors (Lipinski definition) is 1. The van der Waals surface area contributed by atoms with E-state index in [9.17, 15) is 0 Å². The van der Waals surface area contributed by atoms with Crippen LogP contribution >= 0.6 is 46.1 Å². The van der Waals surface area contributed by atoms with E-state index in [1.165, 1.54) is 11.3 Å². The van der Waals surface area contributed by atoms with E-state index in [0.717, 1.165) is 10.7 Å². The van der Waals surface area contributed by atoms with Crippen LogP contribution in [0.3, 0.4) is 0 Å². The van der Waals surface area contributed by atoms with Gasteiger partial charge in [-0.05, 0) is 18.6 Å². The number of halogens is 3. The van der Waals surface area contributed by atoms with Gasteiger partial charge < -0.3 is 5.32 Å². The lowest BCUT2D eigenvalue weighted by Crippen LogP contribution is -2.07. The molecular weight excluding hydrogens is 299 g/mol. The number of benzene rings is 1. The Morgan fingerprint density at radius 2 is 2.00 bits per heavy atom. The van der Waals surface area contributed by atoms with Crippen LogP contribution in [0.1, 0.15) is 18.5 Å². The van der Waals surface area contributed by atoms with Crippen molar-refractivity contribution in [2.75, 3.05) is 5.32 Å². The molecule has 0 radical (unpaired) electrons. The van der Waals surface area contributed by atoms with Crippen LogP contribution in [0.4, 0.5) is 5.13 Å². The summed E-state index contributed by atoms with van der Waals surface area (Å²) in [5.74, 6) is 0. The maximum atomic E-state index is 6.16. The summed E-state index contributed by atoms with van der Waals surface area (Å²) in [5.41, 5.74) is 0.899. The molecule has 0 aliphatic carbocycles. The van der Waals surface area contributed by atoms with Crippen molar-refractivity contribution in [1.82, 2.24) is 4.98 Å². The molecule has 1 aromatic carbocycles. The van der Waals surface area contributed by atoms with Gasteiger partial charge in [-0.15, -0.1) is 11.3 Å². The van der Waals surface area contributed by atoms with E-state index in [1.807, 2.05) is 18.4 Å². The predicted molar refractivity (Wildman–Crippen MR) is 75.6 cm³/mol. The average molecular weight is 308 g/mol. The van der Waals surface area contributed by atoms with Gasteiger partial charge in [-0.25, -0.2) is 4.98 Å². The van der Waals surface area contributed by atoms with Gasteiger partial charge in [0.25, 0.3) is 0 Å². The molecule has 0 aliphatic rings. The molecule has 1 aromatic heterocycles. The van der Waals surface area contributed by atoms with Crippen molar-refractivity contribution in [3.05, 3.63) is 44.3 Å². The number of hydrogen-bond acceptors (Lipinski definition) is 3. The van der Waals surface area contributed by atoms with Gasteiger partial charge in [0.2, 0.25) is 0 Å². The fourth-order valence-electron chi connectivity index (χ4n) is 1.43. The fraction of sp³-hybridized carbons (Fsp3) is 0.182. The van der Waals surface area contributed by atoms with Crippen molar-refractivity contribution >= 4 is 51.3 Å². The van der Waals surface area contributed by atoms with Crippen molar-refractivity contribution in [2.24, 2.45) is 0 Å². The third-order valence-corrected chi connectivity index (χ3v) is 4.32. The van der Waals surface area contributed by atoms with E-state index in [-0.39, 0.29) is 6.04 Å². The molecular formula is C11H9Cl3N2S. The molecule has 2 nitrogen and oxygen atoms in total. The first-order valence-electron chi connectivity index (χ1n) is 4.89. The highest BCUT2D eigenvalue weighted by Crippen LogP contribution is 2.36. The normalized spacial score (nSPS) is 12.5. The fourth-order valence-corrected chi connectivity index (χ4v) is 2.76. The van der Waals surface area contributed by atoms with E-state index in [0.29, 0.717) is 15.1 Å². The van der Waals surface area contributed by atoms with E-state index in [4.69, 9.17) is 34.8 Å². The van der Waals surface area contributed by atoms with Gasteiger partial charge in [-0.1, -0.05) is 40.9 Å². The smallest absolute Gasteiger partial charge is 0.183 e. The third-order valence-electron chi connectivity index (χ3n) is 2.30. The quantitative estimate of drug-likeness (QED) is 0.781. The van der Waals surface area contributed by atoms with Crippen molar-refractivity contribution in [3.8, 4) is 0 Å². The minimum Gasteiger partial charge on any atom is -0.355 e. The Kier molecular flexibility index (Phi) is 4.15. The zero-order valence-corrected chi connectivity index (χ0v) is 12.0. The second kappa shape index (κ2) is 5.44. The van der Waals surface area contributed by atoms with Crippen molar-refractivity contribution < 1.29 is 0 Å². The van der Waals surface area contributed by atoms with Crippen LogP contribution in [0, 0.1) is 0 Å². The van der Waals surface area contributed by atoms with E-state index >= 15 is 0 Å². The second-order valence-corrected chi connectivity index (χ2v) is 5.53. The Morgan fingerprint density at radius 1 is 1.24 bits per heavy atom. The maximum Gasteiger partial charge on any atom is 0.183 e. The molecule has 0 amide bonds. The number of anilines is 1. The molecule has 0 saturated heterocycles. The molecule has 17 heavy (non-hydrogen) atoms. The van der Waals surface area contributed by atoms with E-state index in [1.54, 1.807) is 12.3 Å². The standard InChI is InChI=1S/C11H9Cl3N2S/c1-6(16-11-15-4-5-17-11)7-2-3-8(12)10(14)9(7)13/h2-6H,1H3,(H,15,16). The highest BCUT2D eigenvalue weighted by Gasteiger charge is 2.14. The van der Waals surface area contributed by atoms with E-state index in [2.05, 4.69) is 10.3 Å². The lowest BCUT2D eigenvalue weighted by molar-refractivity contribution is 0.882. The minimum absolute atomic E-state index is 0.0171. The van der Waals surface area contributed by atoms with Crippen molar-refractivity contribution in [1.29, 1.82) is 0 Å². The van der Waals surface area contributed by atoms with E-state index < -0.39 is 0 Å². The molecule has 1 atom stereocenters. The zero-order chi connectivity index (χ0) is 12.4. The van der Waals surface area contributed by atoms with Gasteiger partial charge in [-0.3, -0.25) is 0 Å². The number of nitrogens with one attached hydrogen (secondary N) is 1. The average Bonchev–Trinajstić information content (AvgIpc) is 2.78. The van der Waals surface area contributed by atoms with Crippen LogP contribution in [0.15, 0.2) is 23.7 Å². The lowest BCUT2D eigenvalue weighted by Gasteiger charge is -2.16. The second-order valence-electron chi connectivity index (χ2n) is 3.47. The largest absolute Gasteiger partial charge is 0.355 e. The van der Waals surface area contributed by atoms with Crippen molar-refractivity contribution in [2.45, 2.75) is 13.0 Å². The lowest BCUT2D eigenvalue weighted by atomic mass is 10.1. The summed E-state index contributed by atoms with van der Waals surface area (Å²) in [5, 5.41) is 7.33. The van der Waals surface area contributed by atoms with Gasteiger partial charge in [0.15, 0.2) is 5.13 Å². The van der Waals surface area contributed by atoms with Crippen LogP contribution < -0.4 is 5.32 Å². The molecule has 0 bridgehead atoms. The highest BCUT2D eigenvalue weighted by molar-refractivity contribution is 7.13.